The molecule has 1 saturated heterocycles. The first kappa shape index (κ1) is 21.2. The fraction of sp³-hybridized carbons (Fsp3) is 0.750. The molecule has 1 aliphatic heterocycles. The largest absolute Gasteiger partial charge is 0.377 e. The van der Waals surface area contributed by atoms with E-state index in [0.29, 0.717) is 12.1 Å². The van der Waals surface area contributed by atoms with E-state index in [2.05, 4.69) is 65.7 Å². The molecule has 0 bridgehead atoms. The summed E-state index contributed by atoms with van der Waals surface area (Å²) < 4.78 is 5.66. The maximum atomic E-state index is 5.66. The molecule has 0 atom stereocenters. The highest BCUT2D eigenvalue weighted by Gasteiger charge is 2.23. The number of guanidine groups is 1. The molecule has 2 rings (SSSR count). The summed E-state index contributed by atoms with van der Waals surface area (Å²) >= 11 is 1.82. The lowest BCUT2D eigenvalue weighted by atomic mass is 9.91. The van der Waals surface area contributed by atoms with Crippen LogP contribution in [0.2, 0.25) is 0 Å². The number of ether oxygens (including phenoxy) is 1. The van der Waals surface area contributed by atoms with E-state index >= 15 is 0 Å². The van der Waals surface area contributed by atoms with E-state index in [1.54, 1.807) is 0 Å². The maximum Gasteiger partial charge on any atom is 0.191 e. The highest BCUT2D eigenvalue weighted by molar-refractivity contribution is 7.10. The summed E-state index contributed by atoms with van der Waals surface area (Å²) in [5.74, 6) is 0.913. The number of likely N-dealkylation sites (tertiary alicyclic amines) is 1. The first-order chi connectivity index (χ1) is 12.4. The summed E-state index contributed by atoms with van der Waals surface area (Å²) in [5.41, 5.74) is 0.103. The average molecular weight is 381 g/mol. The van der Waals surface area contributed by atoms with Crippen molar-refractivity contribution >= 4 is 17.3 Å². The average Bonchev–Trinajstić information content (AvgIpc) is 3.15. The molecular weight excluding hydrogens is 344 g/mol. The fourth-order valence-electron chi connectivity index (χ4n) is 3.16. The summed E-state index contributed by atoms with van der Waals surface area (Å²) in [4.78, 5) is 8.32. The third-order valence-corrected chi connectivity index (χ3v) is 6.13. The zero-order valence-corrected chi connectivity index (χ0v) is 17.9. The van der Waals surface area contributed by atoms with Crippen LogP contribution in [0.1, 0.15) is 45.4 Å². The first-order valence-electron chi connectivity index (χ1n) is 9.76. The molecule has 0 unspecified atom stereocenters. The van der Waals surface area contributed by atoms with Crippen molar-refractivity contribution in [1.29, 1.82) is 0 Å². The molecule has 0 aliphatic carbocycles. The van der Waals surface area contributed by atoms with Gasteiger partial charge in [-0.05, 0) is 38.1 Å². The van der Waals surface area contributed by atoms with Crippen LogP contribution in [0.25, 0.3) is 0 Å². The SMILES string of the molecule is CN=C(NCC(C)(C)c1cccs1)NC1CCN(CCOC(C)C)CC1. The summed E-state index contributed by atoms with van der Waals surface area (Å²) in [6.07, 6.45) is 2.62. The number of hydrogen-bond acceptors (Lipinski definition) is 4. The number of piperidine rings is 1. The number of nitrogens with one attached hydrogen (secondary N) is 2. The number of aliphatic imine (C=N–C) groups is 1. The smallest absolute Gasteiger partial charge is 0.191 e. The fourth-order valence-corrected chi connectivity index (χ4v) is 4.01. The molecule has 0 aromatic carbocycles. The molecule has 148 valence electrons. The van der Waals surface area contributed by atoms with Crippen molar-refractivity contribution in [2.75, 3.05) is 39.8 Å². The van der Waals surface area contributed by atoms with E-state index in [9.17, 15) is 0 Å². The van der Waals surface area contributed by atoms with Crippen LogP contribution in [0.4, 0.5) is 0 Å². The minimum atomic E-state index is 0.103. The Balaban J connectivity index is 1.70. The lowest BCUT2D eigenvalue weighted by molar-refractivity contribution is 0.0532. The van der Waals surface area contributed by atoms with Gasteiger partial charge in [0.15, 0.2) is 5.96 Å². The van der Waals surface area contributed by atoms with Crippen LogP contribution >= 0.6 is 11.3 Å². The van der Waals surface area contributed by atoms with Gasteiger partial charge in [-0.15, -0.1) is 11.3 Å². The second-order valence-corrected chi connectivity index (χ2v) is 8.91. The van der Waals surface area contributed by atoms with Crippen LogP contribution in [-0.2, 0) is 10.2 Å². The molecule has 6 heteroatoms. The van der Waals surface area contributed by atoms with Crippen LogP contribution < -0.4 is 10.6 Å². The van der Waals surface area contributed by atoms with Crippen LogP contribution in [0, 0.1) is 0 Å². The predicted molar refractivity (Wildman–Crippen MR) is 112 cm³/mol. The molecule has 2 heterocycles. The second-order valence-electron chi connectivity index (χ2n) is 7.97. The third kappa shape index (κ3) is 6.89. The van der Waals surface area contributed by atoms with Crippen molar-refractivity contribution in [3.8, 4) is 0 Å². The minimum Gasteiger partial charge on any atom is -0.377 e. The molecule has 1 fully saturated rings. The number of rotatable bonds is 8. The zero-order valence-electron chi connectivity index (χ0n) is 17.0. The van der Waals surface area contributed by atoms with Gasteiger partial charge in [0.1, 0.15) is 0 Å². The molecule has 5 nitrogen and oxygen atoms in total. The van der Waals surface area contributed by atoms with Crippen molar-refractivity contribution in [3.63, 3.8) is 0 Å². The van der Waals surface area contributed by atoms with Crippen molar-refractivity contribution < 1.29 is 4.74 Å². The Morgan fingerprint density at radius 3 is 2.69 bits per heavy atom. The zero-order chi connectivity index (χ0) is 19.0. The Hall–Kier alpha value is -1.11. The van der Waals surface area contributed by atoms with Crippen molar-refractivity contribution in [2.45, 2.75) is 58.1 Å². The highest BCUT2D eigenvalue weighted by Crippen LogP contribution is 2.26. The Morgan fingerprint density at radius 2 is 2.12 bits per heavy atom. The van der Waals surface area contributed by atoms with Gasteiger partial charge in [0, 0.05) is 49.6 Å². The topological polar surface area (TPSA) is 48.9 Å². The Labute approximate surface area is 163 Å². The predicted octanol–water partition coefficient (Wildman–Crippen LogP) is 3.08. The number of hydrogen-bond donors (Lipinski definition) is 2. The molecule has 1 aliphatic rings. The summed E-state index contributed by atoms with van der Waals surface area (Å²) in [6.45, 7) is 13.7. The van der Waals surface area contributed by atoms with E-state index in [0.717, 1.165) is 51.6 Å². The molecule has 0 spiro atoms. The van der Waals surface area contributed by atoms with E-state index in [4.69, 9.17) is 4.74 Å². The standard InChI is InChI=1S/C20H36N4OS/c1-16(2)25-13-12-24-10-8-17(9-11-24)23-19(21-5)22-15-20(3,4)18-7-6-14-26-18/h6-7,14,16-17H,8-13,15H2,1-5H3,(H2,21,22,23). The first-order valence-corrected chi connectivity index (χ1v) is 10.6. The lowest BCUT2D eigenvalue weighted by Gasteiger charge is -2.33. The van der Waals surface area contributed by atoms with Crippen LogP contribution in [0.3, 0.4) is 0 Å². The number of thiophene rings is 1. The molecular formula is C20H36N4OS. The Kier molecular flexibility index (Phi) is 8.38. The van der Waals surface area contributed by atoms with E-state index in [-0.39, 0.29) is 5.41 Å². The van der Waals surface area contributed by atoms with Crippen LogP contribution in [-0.4, -0.2) is 62.8 Å². The summed E-state index contributed by atoms with van der Waals surface area (Å²) in [6, 6.07) is 4.82. The molecule has 0 radical (unpaired) electrons. The van der Waals surface area contributed by atoms with Gasteiger partial charge in [-0.2, -0.15) is 0 Å². The Bertz CT molecular complexity index is 534. The van der Waals surface area contributed by atoms with Gasteiger partial charge in [-0.3, -0.25) is 4.99 Å². The van der Waals surface area contributed by atoms with Gasteiger partial charge in [-0.25, -0.2) is 0 Å². The molecule has 2 N–H and O–H groups in total. The Morgan fingerprint density at radius 1 is 1.38 bits per heavy atom. The van der Waals surface area contributed by atoms with E-state index < -0.39 is 0 Å². The summed E-state index contributed by atoms with van der Waals surface area (Å²) in [7, 11) is 1.85. The molecule has 0 amide bonds. The second kappa shape index (κ2) is 10.3. The van der Waals surface area contributed by atoms with Gasteiger partial charge >= 0.3 is 0 Å². The van der Waals surface area contributed by atoms with Gasteiger partial charge in [0.2, 0.25) is 0 Å². The van der Waals surface area contributed by atoms with Gasteiger partial charge < -0.3 is 20.3 Å². The van der Waals surface area contributed by atoms with E-state index in [1.165, 1.54) is 4.88 Å². The summed E-state index contributed by atoms with van der Waals surface area (Å²) in [5, 5.41) is 9.26. The maximum absolute atomic E-state index is 5.66. The minimum absolute atomic E-state index is 0.103. The molecule has 1 aromatic rings. The van der Waals surface area contributed by atoms with Gasteiger partial charge in [0.05, 0.1) is 12.7 Å². The lowest BCUT2D eigenvalue weighted by Crippen LogP contribution is -2.50. The monoisotopic (exact) mass is 380 g/mol. The van der Waals surface area contributed by atoms with Crippen molar-refractivity contribution in [2.24, 2.45) is 4.99 Å². The normalized spacial score (nSPS) is 17.7. The highest BCUT2D eigenvalue weighted by atomic mass is 32.1. The van der Waals surface area contributed by atoms with Gasteiger partial charge in [-0.1, -0.05) is 19.9 Å². The molecule has 1 aromatic heterocycles. The van der Waals surface area contributed by atoms with Crippen molar-refractivity contribution in [1.82, 2.24) is 15.5 Å². The number of nitrogens with zero attached hydrogens (tertiary/aromatic N) is 2. The molecule has 26 heavy (non-hydrogen) atoms. The van der Waals surface area contributed by atoms with Crippen molar-refractivity contribution in [3.05, 3.63) is 22.4 Å². The quantitative estimate of drug-likeness (QED) is 0.537. The van der Waals surface area contributed by atoms with Gasteiger partial charge in [0.25, 0.3) is 0 Å². The molecule has 0 saturated carbocycles. The van der Waals surface area contributed by atoms with Crippen LogP contribution in [0.15, 0.2) is 22.5 Å². The third-order valence-electron chi connectivity index (χ3n) is 4.90. The van der Waals surface area contributed by atoms with E-state index in [1.807, 2.05) is 18.4 Å². The van der Waals surface area contributed by atoms with Crippen LogP contribution in [0.5, 0.6) is 0 Å².